The minimum absolute atomic E-state index is 1.05. The summed E-state index contributed by atoms with van der Waals surface area (Å²) in [5.74, 6) is 0. The van der Waals surface area contributed by atoms with E-state index in [1.165, 1.54) is 82.7 Å². The summed E-state index contributed by atoms with van der Waals surface area (Å²) >= 11 is 0. The molecule has 0 atom stereocenters. The molecular weight excluding hydrogens is 605 g/mol. The van der Waals surface area contributed by atoms with Gasteiger partial charge in [0.15, 0.2) is 0 Å². The van der Waals surface area contributed by atoms with Gasteiger partial charge in [-0.25, -0.2) is 0 Å². The van der Waals surface area contributed by atoms with Gasteiger partial charge >= 0.3 is 0 Å². The van der Waals surface area contributed by atoms with Gasteiger partial charge in [-0.15, -0.1) is 0 Å². The maximum absolute atomic E-state index is 2.46. The van der Waals surface area contributed by atoms with E-state index in [0.29, 0.717) is 0 Å². The summed E-state index contributed by atoms with van der Waals surface area (Å²) in [5, 5.41) is 5.10. The van der Waals surface area contributed by atoms with Crippen LogP contribution in [-0.4, -0.2) is 9.13 Å². The molecule has 7 aromatic carbocycles. The first-order valence-electron chi connectivity index (χ1n) is 17.5. The van der Waals surface area contributed by atoms with Gasteiger partial charge in [0.2, 0.25) is 0 Å². The zero-order valence-corrected chi connectivity index (χ0v) is 27.6. The van der Waals surface area contributed by atoms with Crippen molar-refractivity contribution in [2.45, 2.75) is 12.8 Å². The molecule has 2 aromatic heterocycles. The third kappa shape index (κ3) is 4.64. The lowest BCUT2D eigenvalue weighted by Gasteiger charge is -2.14. The van der Waals surface area contributed by atoms with Crippen LogP contribution in [0, 0.1) is 0 Å². The molecule has 0 saturated heterocycles. The molecular formula is C48H34N2. The Bertz CT molecular complexity index is 2730. The van der Waals surface area contributed by atoms with Crippen LogP contribution in [0.25, 0.3) is 88.4 Å². The second-order valence-corrected chi connectivity index (χ2v) is 13.3. The van der Waals surface area contributed by atoms with Crippen LogP contribution in [0.15, 0.2) is 182 Å². The van der Waals surface area contributed by atoms with Crippen molar-refractivity contribution in [2.75, 3.05) is 0 Å². The fraction of sp³-hybridized carbons (Fsp3) is 0.0417. The van der Waals surface area contributed by atoms with E-state index in [1.54, 1.807) is 0 Å². The van der Waals surface area contributed by atoms with Crippen molar-refractivity contribution in [1.82, 2.24) is 9.13 Å². The Morgan fingerprint density at radius 1 is 0.360 bits per heavy atom. The molecule has 0 saturated carbocycles. The lowest BCUT2D eigenvalue weighted by atomic mass is 9.98. The van der Waals surface area contributed by atoms with E-state index in [4.69, 9.17) is 0 Å². The molecule has 0 radical (unpaired) electrons. The van der Waals surface area contributed by atoms with Crippen LogP contribution < -0.4 is 0 Å². The number of allylic oxidation sites excluding steroid dienone is 4. The largest absolute Gasteiger partial charge is 0.313 e. The minimum Gasteiger partial charge on any atom is -0.313 e. The van der Waals surface area contributed by atoms with Crippen LogP contribution in [0.5, 0.6) is 0 Å². The van der Waals surface area contributed by atoms with Crippen LogP contribution in [0.4, 0.5) is 0 Å². The van der Waals surface area contributed by atoms with E-state index in [2.05, 4.69) is 191 Å². The highest BCUT2D eigenvalue weighted by atomic mass is 15.0. The molecule has 236 valence electrons. The van der Waals surface area contributed by atoms with Crippen LogP contribution in [-0.2, 0) is 0 Å². The number of benzene rings is 7. The number of hydrogen-bond donors (Lipinski definition) is 0. The van der Waals surface area contributed by atoms with Crippen molar-refractivity contribution in [3.63, 3.8) is 0 Å². The maximum atomic E-state index is 2.46. The first-order valence-corrected chi connectivity index (χ1v) is 17.5. The summed E-state index contributed by atoms with van der Waals surface area (Å²) in [4.78, 5) is 0. The van der Waals surface area contributed by atoms with Crippen LogP contribution in [0.1, 0.15) is 12.8 Å². The summed E-state index contributed by atoms with van der Waals surface area (Å²) in [5.41, 5.74) is 14.7. The average molecular weight is 639 g/mol. The Morgan fingerprint density at radius 3 is 1.42 bits per heavy atom. The Balaban J connectivity index is 1.17. The Labute approximate surface area is 291 Å². The zero-order chi connectivity index (χ0) is 33.0. The van der Waals surface area contributed by atoms with Gasteiger partial charge in [0.1, 0.15) is 0 Å². The summed E-state index contributed by atoms with van der Waals surface area (Å²) in [6.07, 6.45) is 8.85. The predicted molar refractivity (Wildman–Crippen MR) is 213 cm³/mol. The molecule has 2 heteroatoms. The monoisotopic (exact) mass is 638 g/mol. The summed E-state index contributed by atoms with van der Waals surface area (Å²) in [6.45, 7) is 0. The second-order valence-electron chi connectivity index (χ2n) is 13.3. The molecule has 0 bridgehead atoms. The Morgan fingerprint density at radius 2 is 0.860 bits per heavy atom. The van der Waals surface area contributed by atoms with Crippen molar-refractivity contribution in [3.8, 4) is 39.1 Å². The van der Waals surface area contributed by atoms with Crippen molar-refractivity contribution < 1.29 is 0 Å². The number of fused-ring (bicyclic) bond motifs is 6. The third-order valence-corrected chi connectivity index (χ3v) is 10.3. The van der Waals surface area contributed by atoms with Gasteiger partial charge < -0.3 is 9.13 Å². The van der Waals surface area contributed by atoms with Crippen molar-refractivity contribution in [2.24, 2.45) is 0 Å². The van der Waals surface area contributed by atoms with Crippen molar-refractivity contribution in [1.29, 1.82) is 0 Å². The fourth-order valence-electron chi connectivity index (χ4n) is 8.00. The normalized spacial score (nSPS) is 13.1. The maximum Gasteiger partial charge on any atom is 0.0541 e. The molecule has 2 nitrogen and oxygen atoms in total. The van der Waals surface area contributed by atoms with Crippen LogP contribution in [0.2, 0.25) is 0 Å². The molecule has 10 rings (SSSR count). The first kappa shape index (κ1) is 28.6. The van der Waals surface area contributed by atoms with Gasteiger partial charge in [-0.3, -0.25) is 0 Å². The number of nitrogens with zero attached hydrogens (tertiary/aromatic N) is 2. The van der Waals surface area contributed by atoms with Gasteiger partial charge in [-0.2, -0.15) is 0 Å². The minimum atomic E-state index is 1.05. The van der Waals surface area contributed by atoms with E-state index < -0.39 is 0 Å². The first-order chi connectivity index (χ1) is 24.8. The summed E-state index contributed by atoms with van der Waals surface area (Å²) in [7, 11) is 0. The highest BCUT2D eigenvalue weighted by Crippen LogP contribution is 2.40. The molecule has 0 aliphatic heterocycles. The Hall–Kier alpha value is -6.38. The highest BCUT2D eigenvalue weighted by Gasteiger charge is 2.18. The smallest absolute Gasteiger partial charge is 0.0541 e. The number of para-hydroxylation sites is 2. The molecule has 0 amide bonds. The molecule has 2 heterocycles. The molecule has 0 unspecified atom stereocenters. The van der Waals surface area contributed by atoms with Crippen molar-refractivity contribution >= 4 is 49.3 Å². The summed E-state index contributed by atoms with van der Waals surface area (Å²) in [6, 6.07) is 60.1. The van der Waals surface area contributed by atoms with Gasteiger partial charge in [0.25, 0.3) is 0 Å². The summed E-state index contributed by atoms with van der Waals surface area (Å²) < 4.78 is 4.90. The Kier molecular flexibility index (Phi) is 6.67. The van der Waals surface area contributed by atoms with Crippen LogP contribution >= 0.6 is 0 Å². The predicted octanol–water partition coefficient (Wildman–Crippen LogP) is 13.1. The number of hydrogen-bond acceptors (Lipinski definition) is 0. The molecule has 50 heavy (non-hydrogen) atoms. The van der Waals surface area contributed by atoms with Gasteiger partial charge in [-0.05, 0) is 107 Å². The van der Waals surface area contributed by atoms with Gasteiger partial charge in [0.05, 0.1) is 22.1 Å². The van der Waals surface area contributed by atoms with E-state index >= 15 is 0 Å². The lowest BCUT2D eigenvalue weighted by molar-refractivity contribution is 0.979. The SMILES string of the molecule is C1=CCCC(n2c3ccccc3c3cc(-c4ccc5c(c4)c4ccccc4n5-c4cc(-c5ccccc5)cc(-c5ccccc5)c4)ccc32)=C1. The molecule has 0 spiro atoms. The zero-order valence-electron chi connectivity index (χ0n) is 27.6. The van der Waals surface area contributed by atoms with Crippen molar-refractivity contribution in [3.05, 3.63) is 182 Å². The van der Waals surface area contributed by atoms with E-state index in [0.717, 1.165) is 18.5 Å². The molecule has 1 aliphatic carbocycles. The second kappa shape index (κ2) is 11.6. The van der Waals surface area contributed by atoms with Gasteiger partial charge in [0, 0.05) is 32.9 Å². The quantitative estimate of drug-likeness (QED) is 0.178. The third-order valence-electron chi connectivity index (χ3n) is 10.3. The van der Waals surface area contributed by atoms with Crippen LogP contribution in [0.3, 0.4) is 0 Å². The molecule has 1 aliphatic rings. The standard InChI is InChI=1S/C48H34N2/c1-4-14-33(15-5-1)37-28-38(34-16-6-2-7-17-34)30-40(29-37)50-46-23-13-11-21-42(46)44-32-36(25-27-48(44)50)35-24-26-47-43(31-35)41-20-10-12-22-45(41)49(47)39-18-8-3-9-19-39/h1-8,10-18,20-32H,9,19H2. The molecule has 0 N–H and O–H groups in total. The van der Waals surface area contributed by atoms with Gasteiger partial charge in [-0.1, -0.05) is 121 Å². The van der Waals surface area contributed by atoms with E-state index in [1.807, 2.05) is 0 Å². The topological polar surface area (TPSA) is 9.86 Å². The highest BCUT2D eigenvalue weighted by molar-refractivity contribution is 6.13. The average Bonchev–Trinajstić information content (AvgIpc) is 3.71. The molecule has 9 aromatic rings. The fourth-order valence-corrected chi connectivity index (χ4v) is 8.00. The number of rotatable bonds is 5. The number of aromatic nitrogens is 2. The lowest BCUT2D eigenvalue weighted by Crippen LogP contribution is -1.98. The van der Waals surface area contributed by atoms with E-state index in [9.17, 15) is 0 Å². The molecule has 0 fully saturated rings. The van der Waals surface area contributed by atoms with E-state index in [-0.39, 0.29) is 0 Å².